The summed E-state index contributed by atoms with van der Waals surface area (Å²) in [4.78, 5) is 13.6. The number of rotatable bonds is 7. The van der Waals surface area contributed by atoms with E-state index in [0.29, 0.717) is 12.2 Å². The molecule has 0 radical (unpaired) electrons. The van der Waals surface area contributed by atoms with Gasteiger partial charge in [0.25, 0.3) is 0 Å². The molecule has 0 aliphatic heterocycles. The van der Waals surface area contributed by atoms with Crippen LogP contribution in [-0.4, -0.2) is 42.2 Å². The molecule has 1 N–H and O–H groups in total. The summed E-state index contributed by atoms with van der Waals surface area (Å²) in [6.07, 6.45) is 3.19. The molecule has 0 aromatic carbocycles. The van der Waals surface area contributed by atoms with Gasteiger partial charge in [-0.2, -0.15) is 12.6 Å². The number of hydrogen-bond donors (Lipinski definition) is 2. The zero-order valence-corrected chi connectivity index (χ0v) is 9.72. The number of carbonyl (C=O) groups excluding carboxylic acids is 1. The average Bonchev–Trinajstić information content (AvgIpc) is 2.96. The van der Waals surface area contributed by atoms with Crippen LogP contribution in [0.1, 0.15) is 26.2 Å². The van der Waals surface area contributed by atoms with Crippen molar-refractivity contribution in [3.63, 3.8) is 0 Å². The first-order valence-electron chi connectivity index (χ1n) is 5.39. The zero-order chi connectivity index (χ0) is 10.4. The molecule has 0 atom stereocenters. The summed E-state index contributed by atoms with van der Waals surface area (Å²) in [5, 5.41) is 2.90. The highest BCUT2D eigenvalue weighted by molar-refractivity contribution is 7.80. The van der Waals surface area contributed by atoms with Crippen molar-refractivity contribution in [1.82, 2.24) is 10.2 Å². The number of nitrogens with one attached hydrogen (secondary N) is 1. The van der Waals surface area contributed by atoms with Gasteiger partial charge >= 0.3 is 0 Å². The Morgan fingerprint density at radius 3 is 2.79 bits per heavy atom. The first-order valence-corrected chi connectivity index (χ1v) is 6.02. The Labute approximate surface area is 91.6 Å². The third-order valence-corrected chi connectivity index (χ3v) is 2.75. The van der Waals surface area contributed by atoms with E-state index in [0.717, 1.165) is 25.7 Å². The standard InChI is InChI=1S/C10H20N2OS/c1-2-12(9-3-4-9)7-6-11-10(13)5-8-14/h9,14H,2-8H2,1H3,(H,11,13). The molecule has 0 heterocycles. The SMILES string of the molecule is CCN(CCNC(=O)CCS)C1CC1. The van der Waals surface area contributed by atoms with Crippen LogP contribution in [-0.2, 0) is 4.79 Å². The number of amides is 1. The molecule has 0 aromatic heterocycles. The lowest BCUT2D eigenvalue weighted by atomic mass is 10.4. The molecule has 0 aromatic rings. The van der Waals surface area contributed by atoms with Crippen molar-refractivity contribution in [2.24, 2.45) is 0 Å². The molecule has 0 unspecified atom stereocenters. The Balaban J connectivity index is 2.03. The molecular formula is C10H20N2OS. The summed E-state index contributed by atoms with van der Waals surface area (Å²) < 4.78 is 0. The van der Waals surface area contributed by atoms with Gasteiger partial charge in [0.2, 0.25) is 5.91 Å². The number of hydrogen-bond acceptors (Lipinski definition) is 3. The smallest absolute Gasteiger partial charge is 0.220 e. The molecular weight excluding hydrogens is 196 g/mol. The number of carbonyl (C=O) groups is 1. The monoisotopic (exact) mass is 216 g/mol. The summed E-state index contributed by atoms with van der Waals surface area (Å²) in [5.41, 5.74) is 0. The van der Waals surface area contributed by atoms with Crippen LogP contribution in [0.3, 0.4) is 0 Å². The number of thiol groups is 1. The van der Waals surface area contributed by atoms with Gasteiger partial charge < -0.3 is 5.32 Å². The maximum atomic E-state index is 11.1. The van der Waals surface area contributed by atoms with Gasteiger partial charge in [-0.15, -0.1) is 0 Å². The Hall–Kier alpha value is -0.220. The molecule has 82 valence electrons. The molecule has 14 heavy (non-hydrogen) atoms. The zero-order valence-electron chi connectivity index (χ0n) is 8.83. The van der Waals surface area contributed by atoms with Crippen LogP contribution in [0.25, 0.3) is 0 Å². The fourth-order valence-corrected chi connectivity index (χ4v) is 1.77. The van der Waals surface area contributed by atoms with E-state index in [1.807, 2.05) is 0 Å². The second-order valence-electron chi connectivity index (χ2n) is 3.68. The lowest BCUT2D eigenvalue weighted by Crippen LogP contribution is -2.36. The topological polar surface area (TPSA) is 32.3 Å². The molecule has 1 amide bonds. The van der Waals surface area contributed by atoms with Crippen LogP contribution in [0.4, 0.5) is 0 Å². The minimum absolute atomic E-state index is 0.117. The summed E-state index contributed by atoms with van der Waals surface area (Å²) in [5.74, 6) is 0.748. The van der Waals surface area contributed by atoms with Gasteiger partial charge in [0.05, 0.1) is 0 Å². The maximum Gasteiger partial charge on any atom is 0.220 e. The Morgan fingerprint density at radius 2 is 2.29 bits per heavy atom. The van der Waals surface area contributed by atoms with Gasteiger partial charge in [0.1, 0.15) is 0 Å². The van der Waals surface area contributed by atoms with Gasteiger partial charge in [-0.1, -0.05) is 6.92 Å². The van der Waals surface area contributed by atoms with Gasteiger partial charge in [0.15, 0.2) is 0 Å². The second-order valence-corrected chi connectivity index (χ2v) is 4.13. The van der Waals surface area contributed by atoms with Gasteiger partial charge in [-0.05, 0) is 25.1 Å². The van der Waals surface area contributed by atoms with Crippen molar-refractivity contribution in [3.05, 3.63) is 0 Å². The van der Waals surface area contributed by atoms with Crippen LogP contribution in [0, 0.1) is 0 Å². The predicted octanol–water partition coefficient (Wildman–Crippen LogP) is 0.907. The molecule has 1 aliphatic carbocycles. The minimum atomic E-state index is 0.117. The average molecular weight is 216 g/mol. The van der Waals surface area contributed by atoms with E-state index in [9.17, 15) is 4.79 Å². The maximum absolute atomic E-state index is 11.1. The molecule has 1 rings (SSSR count). The molecule has 0 bridgehead atoms. The summed E-state index contributed by atoms with van der Waals surface area (Å²) in [7, 11) is 0. The molecule has 1 fully saturated rings. The lowest BCUT2D eigenvalue weighted by molar-refractivity contribution is -0.120. The van der Waals surface area contributed by atoms with Crippen molar-refractivity contribution < 1.29 is 4.79 Å². The molecule has 0 saturated heterocycles. The molecule has 0 spiro atoms. The van der Waals surface area contributed by atoms with Crippen LogP contribution < -0.4 is 5.32 Å². The van der Waals surface area contributed by atoms with E-state index < -0.39 is 0 Å². The predicted molar refractivity (Wildman–Crippen MR) is 61.7 cm³/mol. The Kier molecular flexibility index (Phi) is 5.33. The normalized spacial score (nSPS) is 15.9. The molecule has 3 nitrogen and oxygen atoms in total. The van der Waals surface area contributed by atoms with Crippen molar-refractivity contribution in [1.29, 1.82) is 0 Å². The summed E-state index contributed by atoms with van der Waals surface area (Å²) >= 11 is 4.01. The van der Waals surface area contributed by atoms with Crippen LogP contribution in [0.5, 0.6) is 0 Å². The fraction of sp³-hybridized carbons (Fsp3) is 0.900. The van der Waals surface area contributed by atoms with Crippen LogP contribution in [0.15, 0.2) is 0 Å². The highest BCUT2D eigenvalue weighted by Crippen LogP contribution is 2.25. The lowest BCUT2D eigenvalue weighted by Gasteiger charge is -2.19. The van der Waals surface area contributed by atoms with Crippen molar-refractivity contribution >= 4 is 18.5 Å². The van der Waals surface area contributed by atoms with E-state index in [4.69, 9.17) is 0 Å². The molecule has 4 heteroatoms. The van der Waals surface area contributed by atoms with Crippen molar-refractivity contribution in [3.8, 4) is 0 Å². The highest BCUT2D eigenvalue weighted by Gasteiger charge is 2.27. The first-order chi connectivity index (χ1) is 6.77. The third-order valence-electron chi connectivity index (χ3n) is 2.53. The first kappa shape index (κ1) is 11.9. The largest absolute Gasteiger partial charge is 0.355 e. The third kappa shape index (κ3) is 4.33. The van der Waals surface area contributed by atoms with E-state index in [1.165, 1.54) is 12.8 Å². The summed E-state index contributed by atoms with van der Waals surface area (Å²) in [6.45, 7) is 5.03. The Morgan fingerprint density at radius 1 is 1.57 bits per heavy atom. The summed E-state index contributed by atoms with van der Waals surface area (Å²) in [6, 6.07) is 0.793. The molecule has 1 aliphatic rings. The van der Waals surface area contributed by atoms with Crippen LogP contribution in [0.2, 0.25) is 0 Å². The van der Waals surface area contributed by atoms with Gasteiger partial charge in [-0.25, -0.2) is 0 Å². The number of likely N-dealkylation sites (N-methyl/N-ethyl adjacent to an activating group) is 1. The van der Waals surface area contributed by atoms with Crippen molar-refractivity contribution in [2.45, 2.75) is 32.2 Å². The second kappa shape index (κ2) is 6.30. The molecule has 1 saturated carbocycles. The van der Waals surface area contributed by atoms with Gasteiger partial charge in [-0.3, -0.25) is 9.69 Å². The van der Waals surface area contributed by atoms with E-state index in [2.05, 4.69) is 29.8 Å². The quantitative estimate of drug-likeness (QED) is 0.620. The van der Waals surface area contributed by atoms with Crippen molar-refractivity contribution in [2.75, 3.05) is 25.4 Å². The van der Waals surface area contributed by atoms with E-state index >= 15 is 0 Å². The fourth-order valence-electron chi connectivity index (χ4n) is 1.57. The minimum Gasteiger partial charge on any atom is -0.355 e. The van der Waals surface area contributed by atoms with Gasteiger partial charge in [0, 0.05) is 25.6 Å². The highest BCUT2D eigenvalue weighted by atomic mass is 32.1. The van der Waals surface area contributed by atoms with Crippen LogP contribution >= 0.6 is 12.6 Å². The van der Waals surface area contributed by atoms with E-state index in [-0.39, 0.29) is 5.91 Å². The Bertz CT molecular complexity index is 183. The number of nitrogens with zero attached hydrogens (tertiary/aromatic N) is 1. The van der Waals surface area contributed by atoms with E-state index in [1.54, 1.807) is 0 Å².